The maximum Gasteiger partial charge on any atom is 0.179 e. The first-order valence-electron chi connectivity index (χ1n) is 4.45. The number of hydrogen-bond donors (Lipinski definition) is 1. The molecule has 0 bridgehead atoms. The third-order valence-electron chi connectivity index (χ3n) is 1.83. The van der Waals surface area contributed by atoms with Crippen LogP contribution >= 0.6 is 15.9 Å². The Morgan fingerprint density at radius 3 is 3.00 bits per heavy atom. The predicted octanol–water partition coefficient (Wildman–Crippen LogP) is 2.55. The molecule has 1 aromatic carbocycles. The molecular formula is C11H11BrFNO. The highest BCUT2D eigenvalue weighted by Crippen LogP contribution is 2.18. The fourth-order valence-corrected chi connectivity index (χ4v) is 1.47. The fraction of sp³-hybridized carbons (Fsp3) is 0.182. The van der Waals surface area contributed by atoms with Gasteiger partial charge in [-0.25, -0.2) is 4.39 Å². The van der Waals surface area contributed by atoms with Crippen LogP contribution in [0.1, 0.15) is 10.4 Å². The first-order valence-corrected chi connectivity index (χ1v) is 5.25. The summed E-state index contributed by atoms with van der Waals surface area (Å²) in [6.45, 7) is 4.15. The Morgan fingerprint density at radius 1 is 1.60 bits per heavy atom. The average molecular weight is 272 g/mol. The van der Waals surface area contributed by atoms with Crippen LogP contribution in [0.25, 0.3) is 0 Å². The van der Waals surface area contributed by atoms with E-state index in [0.29, 0.717) is 11.0 Å². The molecule has 0 aliphatic rings. The van der Waals surface area contributed by atoms with E-state index >= 15 is 0 Å². The second-order valence-electron chi connectivity index (χ2n) is 2.94. The molecule has 0 aliphatic heterocycles. The lowest BCUT2D eigenvalue weighted by molar-refractivity contribution is 0.0988. The van der Waals surface area contributed by atoms with E-state index in [1.54, 1.807) is 18.2 Å². The topological polar surface area (TPSA) is 29.1 Å². The number of halogens is 2. The Kier molecular flexibility index (Phi) is 4.65. The van der Waals surface area contributed by atoms with Crippen molar-refractivity contribution in [2.75, 3.05) is 13.1 Å². The highest BCUT2D eigenvalue weighted by molar-refractivity contribution is 9.10. The summed E-state index contributed by atoms with van der Waals surface area (Å²) in [5.74, 6) is -0.779. The Morgan fingerprint density at radius 2 is 2.33 bits per heavy atom. The van der Waals surface area contributed by atoms with Crippen LogP contribution in [0.2, 0.25) is 0 Å². The first-order chi connectivity index (χ1) is 7.16. The zero-order chi connectivity index (χ0) is 11.3. The summed E-state index contributed by atoms with van der Waals surface area (Å²) in [7, 11) is 0. The Labute approximate surface area is 96.3 Å². The van der Waals surface area contributed by atoms with Crippen LogP contribution < -0.4 is 5.32 Å². The SMILES string of the molecule is C=CCNCC(=O)c1cccc(Br)c1F. The van der Waals surface area contributed by atoms with Crippen LogP contribution in [0.3, 0.4) is 0 Å². The number of Topliss-reactive ketones (excluding diaryl/α,β-unsaturated/α-hetero) is 1. The van der Waals surface area contributed by atoms with Crippen molar-refractivity contribution in [3.63, 3.8) is 0 Å². The molecule has 1 aromatic rings. The summed E-state index contributed by atoms with van der Waals surface area (Å²) in [5, 5.41) is 2.83. The number of carbonyl (C=O) groups excluding carboxylic acids is 1. The standard InChI is InChI=1S/C11H11BrFNO/c1-2-6-14-7-10(15)8-4-3-5-9(12)11(8)13/h2-5,14H,1,6-7H2. The van der Waals surface area contributed by atoms with Gasteiger partial charge in [-0.15, -0.1) is 6.58 Å². The van der Waals surface area contributed by atoms with Gasteiger partial charge in [0.15, 0.2) is 5.78 Å². The number of nitrogens with one attached hydrogen (secondary N) is 1. The largest absolute Gasteiger partial charge is 0.306 e. The molecule has 1 N–H and O–H groups in total. The van der Waals surface area contributed by atoms with Gasteiger partial charge in [-0.1, -0.05) is 12.1 Å². The number of hydrogen-bond acceptors (Lipinski definition) is 2. The summed E-state index contributed by atoms with van der Waals surface area (Å²) < 4.78 is 13.7. The minimum absolute atomic E-state index is 0.0981. The lowest BCUT2D eigenvalue weighted by atomic mass is 10.1. The number of rotatable bonds is 5. The van der Waals surface area contributed by atoms with Crippen molar-refractivity contribution in [1.29, 1.82) is 0 Å². The molecule has 0 aliphatic carbocycles. The molecule has 0 atom stereocenters. The van der Waals surface area contributed by atoms with Crippen molar-refractivity contribution in [3.8, 4) is 0 Å². The summed E-state index contributed by atoms with van der Waals surface area (Å²) in [6.07, 6.45) is 1.64. The third kappa shape index (κ3) is 3.25. The first kappa shape index (κ1) is 12.1. The molecule has 0 saturated heterocycles. The van der Waals surface area contributed by atoms with Gasteiger partial charge in [0.25, 0.3) is 0 Å². The molecule has 2 nitrogen and oxygen atoms in total. The van der Waals surface area contributed by atoms with Crippen molar-refractivity contribution >= 4 is 21.7 Å². The van der Waals surface area contributed by atoms with Crippen LogP contribution in [-0.4, -0.2) is 18.9 Å². The molecule has 4 heteroatoms. The Bertz CT molecular complexity index is 379. The van der Waals surface area contributed by atoms with Crippen molar-refractivity contribution in [1.82, 2.24) is 5.32 Å². The van der Waals surface area contributed by atoms with E-state index in [1.807, 2.05) is 0 Å². The minimum Gasteiger partial charge on any atom is -0.306 e. The van der Waals surface area contributed by atoms with E-state index in [0.717, 1.165) is 0 Å². The lowest BCUT2D eigenvalue weighted by Crippen LogP contribution is -2.23. The highest BCUT2D eigenvalue weighted by Gasteiger charge is 2.12. The molecular weight excluding hydrogens is 261 g/mol. The van der Waals surface area contributed by atoms with Crippen LogP contribution in [-0.2, 0) is 0 Å². The summed E-state index contributed by atoms with van der Waals surface area (Å²) in [5.41, 5.74) is 0.0981. The quantitative estimate of drug-likeness (QED) is 0.507. The van der Waals surface area contributed by atoms with Gasteiger partial charge in [0.05, 0.1) is 16.6 Å². The maximum atomic E-state index is 13.4. The molecule has 0 spiro atoms. The number of benzene rings is 1. The molecule has 0 fully saturated rings. The summed E-state index contributed by atoms with van der Waals surface area (Å²) >= 11 is 3.03. The van der Waals surface area contributed by atoms with Crippen molar-refractivity contribution in [2.24, 2.45) is 0 Å². The van der Waals surface area contributed by atoms with Crippen molar-refractivity contribution in [2.45, 2.75) is 0 Å². The Hall–Kier alpha value is -1.000. The van der Waals surface area contributed by atoms with Gasteiger partial charge in [0.1, 0.15) is 5.82 Å². The third-order valence-corrected chi connectivity index (χ3v) is 2.44. The van der Waals surface area contributed by atoms with E-state index in [9.17, 15) is 9.18 Å². The summed E-state index contributed by atoms with van der Waals surface area (Å²) in [6, 6.07) is 4.66. The Balaban J connectivity index is 2.73. The van der Waals surface area contributed by atoms with Gasteiger partial charge < -0.3 is 5.32 Å². The zero-order valence-corrected chi connectivity index (χ0v) is 9.68. The molecule has 1 rings (SSSR count). The lowest BCUT2D eigenvalue weighted by Gasteiger charge is -2.04. The van der Waals surface area contributed by atoms with E-state index < -0.39 is 5.82 Å². The van der Waals surface area contributed by atoms with Crippen molar-refractivity contribution < 1.29 is 9.18 Å². The maximum absolute atomic E-state index is 13.4. The predicted molar refractivity (Wildman–Crippen MR) is 61.5 cm³/mol. The van der Waals surface area contributed by atoms with Crippen LogP contribution in [0.15, 0.2) is 35.3 Å². The fourth-order valence-electron chi connectivity index (χ4n) is 1.10. The molecule has 0 heterocycles. The molecule has 0 radical (unpaired) electrons. The second kappa shape index (κ2) is 5.78. The van der Waals surface area contributed by atoms with E-state index in [4.69, 9.17) is 0 Å². The molecule has 0 unspecified atom stereocenters. The molecule has 80 valence electrons. The second-order valence-corrected chi connectivity index (χ2v) is 3.80. The van der Waals surface area contributed by atoms with Gasteiger partial charge >= 0.3 is 0 Å². The highest BCUT2D eigenvalue weighted by atomic mass is 79.9. The smallest absolute Gasteiger partial charge is 0.179 e. The van der Waals surface area contributed by atoms with Crippen LogP contribution in [0.4, 0.5) is 4.39 Å². The van der Waals surface area contributed by atoms with Gasteiger partial charge in [0.2, 0.25) is 0 Å². The van der Waals surface area contributed by atoms with Crippen LogP contribution in [0, 0.1) is 5.82 Å². The normalized spacial score (nSPS) is 10.0. The molecule has 0 saturated carbocycles. The van der Waals surface area contributed by atoms with E-state index in [-0.39, 0.29) is 17.9 Å². The van der Waals surface area contributed by atoms with E-state index in [2.05, 4.69) is 27.8 Å². The summed E-state index contributed by atoms with van der Waals surface area (Å²) in [4.78, 5) is 11.5. The molecule has 15 heavy (non-hydrogen) atoms. The molecule has 0 aromatic heterocycles. The number of ketones is 1. The molecule has 0 amide bonds. The average Bonchev–Trinajstić information content (AvgIpc) is 2.22. The van der Waals surface area contributed by atoms with Gasteiger partial charge in [0, 0.05) is 6.54 Å². The minimum atomic E-state index is -0.511. The van der Waals surface area contributed by atoms with E-state index in [1.165, 1.54) is 6.07 Å². The zero-order valence-electron chi connectivity index (χ0n) is 8.09. The van der Waals surface area contributed by atoms with Crippen molar-refractivity contribution in [3.05, 3.63) is 46.7 Å². The van der Waals surface area contributed by atoms with Crippen LogP contribution in [0.5, 0.6) is 0 Å². The van der Waals surface area contributed by atoms with Gasteiger partial charge in [-0.2, -0.15) is 0 Å². The van der Waals surface area contributed by atoms with Gasteiger partial charge in [-0.05, 0) is 28.1 Å². The van der Waals surface area contributed by atoms with Gasteiger partial charge in [-0.3, -0.25) is 4.79 Å². The number of carbonyl (C=O) groups is 1. The monoisotopic (exact) mass is 271 g/mol.